The zero-order valence-electron chi connectivity index (χ0n) is 11.5. The number of hydrogen-bond acceptors (Lipinski definition) is 9. The molecular formula is C11H15N5O5S. The van der Waals surface area contributed by atoms with E-state index in [1.165, 1.54) is 23.5 Å². The quantitative estimate of drug-likeness (QED) is 0.478. The minimum Gasteiger partial charge on any atom is -0.394 e. The van der Waals surface area contributed by atoms with Gasteiger partial charge in [-0.2, -0.15) is 0 Å². The predicted molar refractivity (Wildman–Crippen MR) is 75.7 cm³/mol. The van der Waals surface area contributed by atoms with Crippen molar-refractivity contribution < 1.29 is 24.3 Å². The summed E-state index contributed by atoms with van der Waals surface area (Å²) in [5.41, 5.74) is 6.16. The van der Waals surface area contributed by atoms with Crippen molar-refractivity contribution in [1.82, 2.24) is 19.5 Å². The highest BCUT2D eigenvalue weighted by Gasteiger charge is 2.59. The van der Waals surface area contributed by atoms with Gasteiger partial charge in [-0.25, -0.2) is 15.0 Å². The molecule has 3 heterocycles. The zero-order valence-corrected chi connectivity index (χ0v) is 12.3. The Morgan fingerprint density at radius 2 is 2.18 bits per heavy atom. The van der Waals surface area contributed by atoms with Gasteiger partial charge in [0.05, 0.1) is 17.4 Å². The van der Waals surface area contributed by atoms with Gasteiger partial charge in [0.25, 0.3) is 5.06 Å². The van der Waals surface area contributed by atoms with Crippen LogP contribution in [-0.2, 0) is 20.6 Å². The molecule has 22 heavy (non-hydrogen) atoms. The number of aromatic nitrogens is 4. The van der Waals surface area contributed by atoms with Gasteiger partial charge in [0, 0.05) is 6.26 Å². The number of ether oxygens (including phenoxy) is 1. The third-order valence-corrected chi connectivity index (χ3v) is 5.05. The molecule has 2 aromatic heterocycles. The van der Waals surface area contributed by atoms with E-state index in [0.29, 0.717) is 0 Å². The van der Waals surface area contributed by atoms with E-state index >= 15 is 0 Å². The monoisotopic (exact) mass is 329 g/mol. The number of aliphatic hydroxyl groups is 3. The first-order valence-corrected chi connectivity index (χ1v) is 7.91. The van der Waals surface area contributed by atoms with Crippen molar-refractivity contribution in [3.63, 3.8) is 0 Å². The smallest absolute Gasteiger partial charge is 0.254 e. The number of nitrogens with zero attached hydrogens (tertiary/aromatic N) is 4. The van der Waals surface area contributed by atoms with Gasteiger partial charge < -0.3 is 25.8 Å². The molecule has 3 rings (SSSR count). The summed E-state index contributed by atoms with van der Waals surface area (Å²) in [6.07, 6.45) is -0.285. The van der Waals surface area contributed by atoms with Gasteiger partial charge in [0.1, 0.15) is 36.5 Å². The van der Waals surface area contributed by atoms with E-state index in [1.807, 2.05) is 0 Å². The molecule has 5 N–H and O–H groups in total. The summed E-state index contributed by atoms with van der Waals surface area (Å²) in [7, 11) is -1.79. The number of nitrogen functional groups attached to an aromatic ring is 1. The van der Waals surface area contributed by atoms with Crippen molar-refractivity contribution in [2.24, 2.45) is 0 Å². The Balaban J connectivity index is 2.24. The first kappa shape index (κ1) is 15.2. The molecule has 1 unspecified atom stereocenters. The summed E-state index contributed by atoms with van der Waals surface area (Å²) in [4.78, 5) is 11.9. The van der Waals surface area contributed by atoms with E-state index in [4.69, 9.17) is 10.5 Å². The molecule has 1 saturated heterocycles. The summed E-state index contributed by atoms with van der Waals surface area (Å²) in [6, 6.07) is 0. The second-order valence-electron chi connectivity index (χ2n) is 4.90. The van der Waals surface area contributed by atoms with Crippen LogP contribution in [0.15, 0.2) is 12.7 Å². The fourth-order valence-corrected chi connectivity index (χ4v) is 3.73. The number of anilines is 1. The first-order valence-electron chi connectivity index (χ1n) is 6.35. The second-order valence-corrected chi connectivity index (χ2v) is 6.40. The van der Waals surface area contributed by atoms with Crippen molar-refractivity contribution in [2.45, 2.75) is 23.4 Å². The number of nitrogens with two attached hydrogens (primary N) is 1. The molecule has 120 valence electrons. The lowest BCUT2D eigenvalue weighted by molar-refractivity contribution is -0.0807. The van der Waals surface area contributed by atoms with Crippen LogP contribution in [0.25, 0.3) is 11.2 Å². The van der Waals surface area contributed by atoms with E-state index in [9.17, 15) is 19.5 Å². The molecule has 0 radical (unpaired) electrons. The molecule has 0 aromatic carbocycles. The lowest BCUT2D eigenvalue weighted by atomic mass is 10.1. The van der Waals surface area contributed by atoms with Crippen LogP contribution in [0.5, 0.6) is 0 Å². The van der Waals surface area contributed by atoms with Gasteiger partial charge in [-0.05, 0) is 0 Å². The lowest BCUT2D eigenvalue weighted by Crippen LogP contribution is -2.48. The third-order valence-electron chi connectivity index (χ3n) is 3.69. The maximum absolute atomic E-state index is 12.3. The fraction of sp³-hybridized carbons (Fsp3) is 0.545. The molecule has 1 fully saturated rings. The van der Waals surface area contributed by atoms with Crippen molar-refractivity contribution >= 4 is 27.8 Å². The molecule has 1 aliphatic rings. The van der Waals surface area contributed by atoms with E-state index in [2.05, 4.69) is 15.0 Å². The predicted octanol–water partition coefficient (Wildman–Crippen LogP) is -2.49. The fourth-order valence-electron chi connectivity index (χ4n) is 2.58. The highest BCUT2D eigenvalue weighted by atomic mass is 32.2. The van der Waals surface area contributed by atoms with Crippen LogP contribution >= 0.6 is 0 Å². The Morgan fingerprint density at radius 1 is 1.45 bits per heavy atom. The zero-order chi connectivity index (χ0) is 16.1. The standard InChI is InChI=1S/C11H15N5O5S/c1-22(20)11(8(19)7(18)5(2-17)21-11)16-4-15-6-9(12)13-3-14-10(6)16/h3-5,7-8,17-19H,2H2,1H3,(H2,12,13,14)/t5-,7-,8-,11+,22?/m1/s1. The van der Waals surface area contributed by atoms with Gasteiger partial charge in [-0.3, -0.25) is 8.78 Å². The molecule has 10 nitrogen and oxygen atoms in total. The van der Waals surface area contributed by atoms with Crippen LogP contribution in [0, 0.1) is 0 Å². The molecule has 11 heteroatoms. The molecule has 0 bridgehead atoms. The largest absolute Gasteiger partial charge is 0.394 e. The Kier molecular flexibility index (Phi) is 3.61. The maximum Gasteiger partial charge on any atom is 0.254 e. The Labute approximate surface area is 127 Å². The number of rotatable bonds is 3. The highest BCUT2D eigenvalue weighted by molar-refractivity contribution is 7.84. The van der Waals surface area contributed by atoms with Gasteiger partial charge in [-0.15, -0.1) is 0 Å². The normalized spacial score (nSPS) is 33.4. The van der Waals surface area contributed by atoms with Crippen molar-refractivity contribution in [2.75, 3.05) is 18.6 Å². The lowest BCUT2D eigenvalue weighted by Gasteiger charge is -2.31. The Morgan fingerprint density at radius 3 is 2.77 bits per heavy atom. The molecular weight excluding hydrogens is 314 g/mol. The summed E-state index contributed by atoms with van der Waals surface area (Å²) in [5.74, 6) is 0.118. The number of fused-ring (bicyclic) bond motifs is 1. The van der Waals surface area contributed by atoms with Crippen LogP contribution < -0.4 is 5.73 Å². The van der Waals surface area contributed by atoms with Crippen molar-refractivity contribution in [3.05, 3.63) is 12.7 Å². The molecule has 0 amide bonds. The number of imidazole rings is 1. The highest BCUT2D eigenvalue weighted by Crippen LogP contribution is 2.39. The van der Waals surface area contributed by atoms with E-state index in [0.717, 1.165) is 0 Å². The summed E-state index contributed by atoms with van der Waals surface area (Å²) >= 11 is 0. The first-order chi connectivity index (χ1) is 10.4. The van der Waals surface area contributed by atoms with Crippen LogP contribution in [0.2, 0.25) is 0 Å². The Bertz CT molecular complexity index is 739. The molecule has 0 saturated carbocycles. The molecule has 0 spiro atoms. The molecule has 2 aromatic rings. The average molecular weight is 329 g/mol. The molecule has 1 aliphatic heterocycles. The van der Waals surface area contributed by atoms with Gasteiger partial charge in [0.2, 0.25) is 0 Å². The topological polar surface area (TPSA) is 157 Å². The van der Waals surface area contributed by atoms with Gasteiger partial charge >= 0.3 is 0 Å². The van der Waals surface area contributed by atoms with Crippen LogP contribution in [0.1, 0.15) is 0 Å². The number of hydrogen-bond donors (Lipinski definition) is 4. The van der Waals surface area contributed by atoms with Crippen LogP contribution in [0.4, 0.5) is 5.82 Å². The van der Waals surface area contributed by atoms with E-state index < -0.39 is 40.8 Å². The SMILES string of the molecule is CS(=O)[C@@]1(n2cnc3c(N)ncnc32)O[C@H](CO)[C@@H](O)[C@H]1O. The molecule has 5 atom stereocenters. The van der Waals surface area contributed by atoms with Crippen LogP contribution in [0.3, 0.4) is 0 Å². The van der Waals surface area contributed by atoms with Crippen molar-refractivity contribution in [1.29, 1.82) is 0 Å². The summed E-state index contributed by atoms with van der Waals surface area (Å²) in [6.45, 7) is -0.541. The van der Waals surface area contributed by atoms with Crippen molar-refractivity contribution in [3.8, 4) is 0 Å². The van der Waals surface area contributed by atoms with Gasteiger partial charge in [0.15, 0.2) is 11.5 Å². The van der Waals surface area contributed by atoms with Crippen LogP contribution in [-0.4, -0.2) is 70.2 Å². The van der Waals surface area contributed by atoms with Gasteiger partial charge in [-0.1, -0.05) is 0 Å². The minimum absolute atomic E-state index is 0.118. The van der Waals surface area contributed by atoms with E-state index in [1.54, 1.807) is 0 Å². The molecule has 0 aliphatic carbocycles. The summed E-state index contributed by atoms with van der Waals surface area (Å²) in [5, 5.41) is 27.8. The summed E-state index contributed by atoms with van der Waals surface area (Å²) < 4.78 is 19.1. The maximum atomic E-state index is 12.3. The number of aliphatic hydroxyl groups excluding tert-OH is 3. The average Bonchev–Trinajstić information content (AvgIpc) is 3.02. The third kappa shape index (κ3) is 1.87. The van der Waals surface area contributed by atoms with E-state index in [-0.39, 0.29) is 17.0 Å². The second kappa shape index (κ2) is 5.21. The Hall–Kier alpha value is -1.66. The minimum atomic E-state index is -1.83.